The van der Waals surface area contributed by atoms with E-state index in [9.17, 15) is 20.0 Å². The monoisotopic (exact) mass is 289 g/mol. The Hall–Kier alpha value is -2.70. The first kappa shape index (κ1) is 14.7. The Labute approximate surface area is 121 Å². The van der Waals surface area contributed by atoms with Crippen LogP contribution in [0.4, 0.5) is 5.69 Å². The summed E-state index contributed by atoms with van der Waals surface area (Å²) in [6.45, 7) is 3.93. The number of rotatable bonds is 5. The van der Waals surface area contributed by atoms with Crippen molar-refractivity contribution in [2.45, 2.75) is 26.3 Å². The van der Waals surface area contributed by atoms with Crippen LogP contribution < -0.4 is 0 Å². The maximum atomic E-state index is 11.3. The number of benzene rings is 1. The molecule has 1 atom stereocenters. The fraction of sp³-hybridized carbons (Fsp3) is 0.286. The zero-order valence-corrected chi connectivity index (χ0v) is 11.7. The van der Waals surface area contributed by atoms with Crippen molar-refractivity contribution < 1.29 is 14.8 Å². The minimum atomic E-state index is -1.07. The molecule has 0 aliphatic rings. The number of non-ortho nitro benzene ring substituents is 1. The Morgan fingerprint density at radius 2 is 2.05 bits per heavy atom. The van der Waals surface area contributed by atoms with E-state index in [1.807, 2.05) is 13.8 Å². The molecule has 0 spiro atoms. The average molecular weight is 289 g/mol. The molecule has 1 aromatic heterocycles. The first-order valence-corrected chi connectivity index (χ1v) is 6.51. The number of aromatic carboxylic acids is 1. The summed E-state index contributed by atoms with van der Waals surface area (Å²) in [5.74, 6) is -1.07. The van der Waals surface area contributed by atoms with E-state index < -0.39 is 10.9 Å². The molecule has 0 aliphatic carbocycles. The molecular weight excluding hydrogens is 274 g/mol. The van der Waals surface area contributed by atoms with Gasteiger partial charge in [0, 0.05) is 29.9 Å². The Morgan fingerprint density at radius 3 is 2.52 bits per heavy atom. The van der Waals surface area contributed by atoms with Crippen LogP contribution in [0.1, 0.15) is 36.7 Å². The van der Waals surface area contributed by atoms with Crippen LogP contribution in [-0.4, -0.2) is 25.8 Å². The van der Waals surface area contributed by atoms with Crippen LogP contribution in [0.25, 0.3) is 11.3 Å². The maximum Gasteiger partial charge on any atom is 0.339 e. The van der Waals surface area contributed by atoms with Gasteiger partial charge in [-0.1, -0.05) is 6.92 Å². The highest BCUT2D eigenvalue weighted by atomic mass is 16.6. The number of nitro benzene ring substituents is 1. The van der Waals surface area contributed by atoms with Crippen molar-refractivity contribution in [3.63, 3.8) is 0 Å². The van der Waals surface area contributed by atoms with Gasteiger partial charge in [-0.3, -0.25) is 14.8 Å². The number of carboxylic acid groups (broad SMARTS) is 1. The lowest BCUT2D eigenvalue weighted by molar-refractivity contribution is -0.384. The number of carboxylic acids is 1. The summed E-state index contributed by atoms with van der Waals surface area (Å²) in [5.41, 5.74) is 0.902. The van der Waals surface area contributed by atoms with Gasteiger partial charge in [0.25, 0.3) is 5.69 Å². The molecule has 21 heavy (non-hydrogen) atoms. The van der Waals surface area contributed by atoms with Crippen LogP contribution in [0.3, 0.4) is 0 Å². The lowest BCUT2D eigenvalue weighted by Gasteiger charge is -2.07. The van der Waals surface area contributed by atoms with Gasteiger partial charge in [-0.25, -0.2) is 4.79 Å². The summed E-state index contributed by atoms with van der Waals surface area (Å²) in [6.07, 6.45) is 2.31. The fourth-order valence-corrected chi connectivity index (χ4v) is 1.92. The molecule has 0 bridgehead atoms. The van der Waals surface area contributed by atoms with E-state index in [1.54, 1.807) is 4.68 Å². The van der Waals surface area contributed by atoms with Crippen molar-refractivity contribution in [1.82, 2.24) is 9.78 Å². The molecular formula is C14H15N3O4. The third kappa shape index (κ3) is 2.91. The van der Waals surface area contributed by atoms with Gasteiger partial charge >= 0.3 is 5.97 Å². The molecule has 1 aromatic carbocycles. The van der Waals surface area contributed by atoms with Crippen LogP contribution in [0, 0.1) is 10.1 Å². The lowest BCUT2D eigenvalue weighted by Crippen LogP contribution is -2.04. The standard InChI is InChI=1S/C14H15N3O4/c1-3-9(2)16-8-12(14(18)19)13(15-16)10-4-6-11(7-5-10)17(20)21/h4-9H,3H2,1-2H3,(H,18,19). The maximum absolute atomic E-state index is 11.3. The van der Waals surface area contributed by atoms with Crippen molar-refractivity contribution in [2.75, 3.05) is 0 Å². The molecule has 0 aliphatic heterocycles. The fourth-order valence-electron chi connectivity index (χ4n) is 1.92. The van der Waals surface area contributed by atoms with Crippen molar-refractivity contribution >= 4 is 11.7 Å². The van der Waals surface area contributed by atoms with Gasteiger partial charge in [0.15, 0.2) is 0 Å². The van der Waals surface area contributed by atoms with Crippen LogP contribution in [0.15, 0.2) is 30.5 Å². The van der Waals surface area contributed by atoms with Gasteiger partial charge in [-0.2, -0.15) is 5.10 Å². The minimum Gasteiger partial charge on any atom is -0.478 e. The molecule has 7 nitrogen and oxygen atoms in total. The van der Waals surface area contributed by atoms with Gasteiger partial charge in [-0.15, -0.1) is 0 Å². The van der Waals surface area contributed by atoms with E-state index in [0.29, 0.717) is 11.3 Å². The Kier molecular flexibility index (Phi) is 4.02. The number of carbonyl (C=O) groups is 1. The zero-order chi connectivity index (χ0) is 15.6. The van der Waals surface area contributed by atoms with E-state index in [0.717, 1.165) is 6.42 Å². The molecule has 1 heterocycles. The van der Waals surface area contributed by atoms with E-state index in [-0.39, 0.29) is 17.3 Å². The van der Waals surface area contributed by atoms with E-state index in [2.05, 4.69) is 5.10 Å². The van der Waals surface area contributed by atoms with Crippen LogP contribution in [0.2, 0.25) is 0 Å². The molecule has 2 aromatic rings. The number of hydrogen-bond donors (Lipinski definition) is 1. The molecule has 7 heteroatoms. The van der Waals surface area contributed by atoms with Gasteiger partial charge in [0.1, 0.15) is 11.3 Å². The Morgan fingerprint density at radius 1 is 1.43 bits per heavy atom. The van der Waals surface area contributed by atoms with Crippen molar-refractivity contribution in [3.05, 3.63) is 46.1 Å². The first-order valence-electron chi connectivity index (χ1n) is 6.51. The average Bonchev–Trinajstić information content (AvgIpc) is 2.92. The van der Waals surface area contributed by atoms with Gasteiger partial charge in [-0.05, 0) is 25.5 Å². The second kappa shape index (κ2) is 5.74. The predicted octanol–water partition coefficient (Wildman–Crippen LogP) is 3.13. The Bertz CT molecular complexity index is 676. The SMILES string of the molecule is CCC(C)n1cc(C(=O)O)c(-c2ccc([N+](=O)[O-])cc2)n1. The van der Waals surface area contributed by atoms with Crippen LogP contribution >= 0.6 is 0 Å². The van der Waals surface area contributed by atoms with Crippen LogP contribution in [0.5, 0.6) is 0 Å². The lowest BCUT2D eigenvalue weighted by atomic mass is 10.1. The predicted molar refractivity (Wildman–Crippen MR) is 76.3 cm³/mol. The van der Waals surface area contributed by atoms with Gasteiger partial charge in [0.05, 0.1) is 4.92 Å². The first-order chi connectivity index (χ1) is 9.93. The summed E-state index contributed by atoms with van der Waals surface area (Å²) >= 11 is 0. The molecule has 1 N–H and O–H groups in total. The molecule has 0 fully saturated rings. The number of nitro groups is 1. The third-order valence-corrected chi connectivity index (χ3v) is 3.36. The summed E-state index contributed by atoms with van der Waals surface area (Å²) in [5, 5.41) is 24.2. The van der Waals surface area contributed by atoms with E-state index >= 15 is 0 Å². The molecule has 1 unspecified atom stereocenters. The second-order valence-electron chi connectivity index (χ2n) is 4.74. The molecule has 2 rings (SSSR count). The quantitative estimate of drug-likeness (QED) is 0.673. The highest BCUT2D eigenvalue weighted by Crippen LogP contribution is 2.26. The zero-order valence-electron chi connectivity index (χ0n) is 11.7. The highest BCUT2D eigenvalue weighted by Gasteiger charge is 2.19. The summed E-state index contributed by atoms with van der Waals surface area (Å²) < 4.78 is 1.61. The normalized spacial score (nSPS) is 12.1. The second-order valence-corrected chi connectivity index (χ2v) is 4.74. The van der Waals surface area contributed by atoms with E-state index in [1.165, 1.54) is 30.5 Å². The molecule has 0 saturated carbocycles. The number of aromatic nitrogens is 2. The topological polar surface area (TPSA) is 98.3 Å². The summed E-state index contributed by atoms with van der Waals surface area (Å²) in [6, 6.07) is 5.77. The minimum absolute atomic E-state index is 0.0445. The summed E-state index contributed by atoms with van der Waals surface area (Å²) in [4.78, 5) is 21.5. The van der Waals surface area contributed by atoms with Crippen molar-refractivity contribution in [1.29, 1.82) is 0 Å². The van der Waals surface area contributed by atoms with Crippen molar-refractivity contribution in [3.8, 4) is 11.3 Å². The molecule has 0 amide bonds. The smallest absolute Gasteiger partial charge is 0.339 e. The number of nitrogens with zero attached hydrogens (tertiary/aromatic N) is 3. The summed E-state index contributed by atoms with van der Waals surface area (Å²) in [7, 11) is 0. The Balaban J connectivity index is 2.48. The van der Waals surface area contributed by atoms with Gasteiger partial charge < -0.3 is 5.11 Å². The molecule has 0 saturated heterocycles. The largest absolute Gasteiger partial charge is 0.478 e. The third-order valence-electron chi connectivity index (χ3n) is 3.36. The van der Waals surface area contributed by atoms with Crippen molar-refractivity contribution in [2.24, 2.45) is 0 Å². The van der Waals surface area contributed by atoms with Crippen LogP contribution in [-0.2, 0) is 0 Å². The highest BCUT2D eigenvalue weighted by molar-refractivity contribution is 5.94. The van der Waals surface area contributed by atoms with Gasteiger partial charge in [0.2, 0.25) is 0 Å². The number of hydrogen-bond acceptors (Lipinski definition) is 4. The molecule has 110 valence electrons. The van der Waals surface area contributed by atoms with E-state index in [4.69, 9.17) is 0 Å². The molecule has 0 radical (unpaired) electrons.